The Morgan fingerprint density at radius 1 is 1.12 bits per heavy atom. The van der Waals surface area contributed by atoms with Crippen LogP contribution in [0.1, 0.15) is 37.8 Å². The summed E-state index contributed by atoms with van der Waals surface area (Å²) in [5.41, 5.74) is 1.50. The molecule has 2 aliphatic heterocycles. The standard InChI is InChI=1S/C24H29FN6O2/c1-17-14-30(23-27-12-20(11-26)13-28-23)15-18(2)31(17)24(32)33-22-7-9-29(10-8-22)16-19-3-5-21(25)6-4-19/h3-6,12-13,17-18,22H,7-10,14-16H2,1-2H3/t17-,18+. The number of rotatable bonds is 4. The summed E-state index contributed by atoms with van der Waals surface area (Å²) >= 11 is 0. The van der Waals surface area contributed by atoms with E-state index in [-0.39, 0.29) is 30.1 Å². The van der Waals surface area contributed by atoms with Crippen molar-refractivity contribution in [3.05, 3.63) is 53.6 Å². The van der Waals surface area contributed by atoms with Gasteiger partial charge in [0.25, 0.3) is 0 Å². The zero-order valence-corrected chi connectivity index (χ0v) is 19.0. The molecule has 2 atom stereocenters. The molecule has 0 bridgehead atoms. The lowest BCUT2D eigenvalue weighted by atomic mass is 10.1. The van der Waals surface area contributed by atoms with Crippen molar-refractivity contribution < 1.29 is 13.9 Å². The first kappa shape index (κ1) is 22.9. The molecule has 0 saturated carbocycles. The van der Waals surface area contributed by atoms with E-state index < -0.39 is 0 Å². The molecule has 2 fully saturated rings. The van der Waals surface area contributed by atoms with Gasteiger partial charge in [0, 0.05) is 32.7 Å². The smallest absolute Gasteiger partial charge is 0.410 e. The van der Waals surface area contributed by atoms with Gasteiger partial charge in [-0.15, -0.1) is 0 Å². The van der Waals surface area contributed by atoms with E-state index in [0.29, 0.717) is 24.6 Å². The van der Waals surface area contributed by atoms with Crippen LogP contribution >= 0.6 is 0 Å². The number of piperidine rings is 1. The van der Waals surface area contributed by atoms with E-state index in [9.17, 15) is 9.18 Å². The minimum absolute atomic E-state index is 0.0564. The van der Waals surface area contributed by atoms with Gasteiger partial charge in [0.05, 0.1) is 30.0 Å². The molecule has 4 rings (SSSR count). The number of aromatic nitrogens is 2. The molecule has 2 aromatic rings. The topological polar surface area (TPSA) is 85.6 Å². The van der Waals surface area contributed by atoms with E-state index >= 15 is 0 Å². The highest BCUT2D eigenvalue weighted by molar-refractivity contribution is 5.69. The number of amides is 1. The van der Waals surface area contributed by atoms with Crippen molar-refractivity contribution in [2.75, 3.05) is 31.1 Å². The number of piperazine rings is 1. The summed E-state index contributed by atoms with van der Waals surface area (Å²) in [7, 11) is 0. The highest BCUT2D eigenvalue weighted by Gasteiger charge is 2.36. The van der Waals surface area contributed by atoms with Crippen LogP contribution in [0.25, 0.3) is 0 Å². The quantitative estimate of drug-likeness (QED) is 0.704. The number of nitrogens with zero attached hydrogens (tertiary/aromatic N) is 6. The number of carbonyl (C=O) groups excluding carboxylic acids is 1. The van der Waals surface area contributed by atoms with Crippen LogP contribution in [0.2, 0.25) is 0 Å². The molecule has 3 heterocycles. The summed E-state index contributed by atoms with van der Waals surface area (Å²) in [6, 6.07) is 8.51. The number of likely N-dealkylation sites (tertiary alicyclic amines) is 1. The molecule has 9 heteroatoms. The van der Waals surface area contributed by atoms with E-state index in [1.54, 1.807) is 0 Å². The first-order chi connectivity index (χ1) is 15.9. The van der Waals surface area contributed by atoms with E-state index in [1.165, 1.54) is 24.5 Å². The van der Waals surface area contributed by atoms with Crippen molar-refractivity contribution in [1.82, 2.24) is 19.8 Å². The Balaban J connectivity index is 1.27. The predicted molar refractivity (Wildman–Crippen MR) is 121 cm³/mol. The van der Waals surface area contributed by atoms with Crippen molar-refractivity contribution >= 4 is 12.0 Å². The summed E-state index contributed by atoms with van der Waals surface area (Å²) in [6.45, 7) is 7.64. The van der Waals surface area contributed by atoms with Crippen molar-refractivity contribution in [1.29, 1.82) is 5.26 Å². The van der Waals surface area contributed by atoms with E-state index in [2.05, 4.69) is 14.9 Å². The van der Waals surface area contributed by atoms with Crippen molar-refractivity contribution in [3.63, 3.8) is 0 Å². The maximum Gasteiger partial charge on any atom is 0.410 e. The predicted octanol–water partition coefficient (Wildman–Crippen LogP) is 3.19. The normalized spacial score (nSPS) is 22.1. The number of nitriles is 1. The third-order valence-corrected chi connectivity index (χ3v) is 6.30. The average Bonchev–Trinajstić information content (AvgIpc) is 2.81. The first-order valence-corrected chi connectivity index (χ1v) is 11.4. The molecule has 33 heavy (non-hydrogen) atoms. The van der Waals surface area contributed by atoms with E-state index in [4.69, 9.17) is 10.00 Å². The summed E-state index contributed by atoms with van der Waals surface area (Å²) in [5, 5.41) is 8.93. The zero-order valence-electron chi connectivity index (χ0n) is 19.0. The Morgan fingerprint density at radius 2 is 1.73 bits per heavy atom. The first-order valence-electron chi connectivity index (χ1n) is 11.4. The Kier molecular flexibility index (Phi) is 7.04. The van der Waals surface area contributed by atoms with E-state index in [1.807, 2.05) is 41.8 Å². The summed E-state index contributed by atoms with van der Waals surface area (Å²) in [4.78, 5) is 27.7. The molecular formula is C24H29FN6O2. The summed E-state index contributed by atoms with van der Waals surface area (Å²) in [6.07, 6.45) is 4.24. The highest BCUT2D eigenvalue weighted by atomic mass is 19.1. The molecule has 0 aliphatic carbocycles. The van der Waals surface area contributed by atoms with Crippen LogP contribution < -0.4 is 4.90 Å². The van der Waals surface area contributed by atoms with Gasteiger partial charge in [-0.2, -0.15) is 5.26 Å². The van der Waals surface area contributed by atoms with Crippen LogP contribution in [0, 0.1) is 17.1 Å². The lowest BCUT2D eigenvalue weighted by Gasteiger charge is -2.44. The molecule has 1 aromatic heterocycles. The summed E-state index contributed by atoms with van der Waals surface area (Å²) in [5.74, 6) is 0.340. The molecule has 0 spiro atoms. The molecule has 0 N–H and O–H groups in total. The number of ether oxygens (including phenoxy) is 1. The number of halogens is 1. The van der Waals surface area contributed by atoms with Gasteiger partial charge in [-0.25, -0.2) is 19.2 Å². The van der Waals surface area contributed by atoms with Crippen LogP contribution in [0.4, 0.5) is 15.1 Å². The summed E-state index contributed by atoms with van der Waals surface area (Å²) < 4.78 is 19.0. The van der Waals surface area contributed by atoms with Gasteiger partial charge in [0.2, 0.25) is 5.95 Å². The fourth-order valence-corrected chi connectivity index (χ4v) is 4.62. The molecule has 0 radical (unpaired) electrons. The minimum atomic E-state index is -0.271. The molecule has 1 aromatic carbocycles. The van der Waals surface area contributed by atoms with Crippen LogP contribution in [-0.2, 0) is 11.3 Å². The van der Waals surface area contributed by atoms with E-state index in [0.717, 1.165) is 38.0 Å². The van der Waals surface area contributed by atoms with Crippen molar-refractivity contribution in [2.24, 2.45) is 0 Å². The van der Waals surface area contributed by atoms with Gasteiger partial charge >= 0.3 is 6.09 Å². The second-order valence-corrected chi connectivity index (χ2v) is 8.88. The number of carbonyl (C=O) groups is 1. The maximum absolute atomic E-state index is 13.1. The van der Waals surface area contributed by atoms with Gasteiger partial charge in [0.1, 0.15) is 18.0 Å². The lowest BCUT2D eigenvalue weighted by molar-refractivity contribution is 0.00996. The van der Waals surface area contributed by atoms with Crippen molar-refractivity contribution in [2.45, 2.75) is 51.4 Å². The molecule has 174 valence electrons. The molecule has 1 amide bonds. The van der Waals surface area contributed by atoms with Gasteiger partial charge < -0.3 is 9.64 Å². The average molecular weight is 453 g/mol. The maximum atomic E-state index is 13.1. The van der Waals surface area contributed by atoms with Crippen LogP contribution in [0.15, 0.2) is 36.7 Å². The lowest BCUT2D eigenvalue weighted by Crippen LogP contribution is -2.59. The Labute approximate surface area is 193 Å². The van der Waals surface area contributed by atoms with Crippen LogP contribution in [0.5, 0.6) is 0 Å². The third kappa shape index (κ3) is 5.57. The molecule has 2 saturated heterocycles. The van der Waals surface area contributed by atoms with Gasteiger partial charge in [-0.1, -0.05) is 12.1 Å². The fraction of sp³-hybridized carbons (Fsp3) is 0.500. The van der Waals surface area contributed by atoms with Crippen LogP contribution in [0.3, 0.4) is 0 Å². The zero-order chi connectivity index (χ0) is 23.4. The highest BCUT2D eigenvalue weighted by Crippen LogP contribution is 2.23. The van der Waals surface area contributed by atoms with Gasteiger partial charge in [-0.05, 0) is 44.4 Å². The molecule has 8 nitrogen and oxygen atoms in total. The number of benzene rings is 1. The van der Waals surface area contributed by atoms with Gasteiger partial charge in [-0.3, -0.25) is 9.80 Å². The van der Waals surface area contributed by atoms with Crippen molar-refractivity contribution in [3.8, 4) is 6.07 Å². The SMILES string of the molecule is C[C@@H]1CN(c2ncc(C#N)cn2)C[C@H](C)N1C(=O)OC1CCN(Cc2ccc(F)cc2)CC1. The van der Waals surface area contributed by atoms with Gasteiger partial charge in [0.15, 0.2) is 0 Å². The Bertz CT molecular complexity index is 974. The fourth-order valence-electron chi connectivity index (χ4n) is 4.62. The molecule has 2 aliphatic rings. The number of hydrogen-bond donors (Lipinski definition) is 0. The molecular weight excluding hydrogens is 423 g/mol. The Morgan fingerprint density at radius 3 is 2.30 bits per heavy atom. The Hall–Kier alpha value is -3.25. The second-order valence-electron chi connectivity index (χ2n) is 8.88. The molecule has 0 unspecified atom stereocenters. The largest absolute Gasteiger partial charge is 0.446 e. The minimum Gasteiger partial charge on any atom is -0.446 e. The second kappa shape index (κ2) is 10.1. The number of hydrogen-bond acceptors (Lipinski definition) is 7. The third-order valence-electron chi connectivity index (χ3n) is 6.30. The number of anilines is 1. The van der Waals surface area contributed by atoms with Crippen LogP contribution in [-0.4, -0.2) is 70.2 Å². The monoisotopic (exact) mass is 452 g/mol.